The maximum Gasteiger partial charge on any atom is 0.312 e. The largest absolute Gasteiger partial charge is 0.333 e. The molecule has 5 nitrogen and oxygen atoms in total. The van der Waals surface area contributed by atoms with Crippen molar-refractivity contribution in [3.05, 3.63) is 0 Å². The monoisotopic (exact) mass is 293 g/mol. The van der Waals surface area contributed by atoms with E-state index in [-0.39, 0.29) is 11.8 Å². The zero-order valence-corrected chi connectivity index (χ0v) is 12.9. The summed E-state index contributed by atoms with van der Waals surface area (Å²) in [5, 5.41) is 3.28. The number of carbonyl (C=O) groups excluding carboxylic acids is 2. The van der Waals surface area contributed by atoms with E-state index in [1.807, 2.05) is 4.90 Å². The van der Waals surface area contributed by atoms with E-state index >= 15 is 0 Å². The van der Waals surface area contributed by atoms with Gasteiger partial charge in [0, 0.05) is 32.2 Å². The summed E-state index contributed by atoms with van der Waals surface area (Å²) >= 11 is 0. The molecular weight excluding hydrogens is 266 g/mol. The highest BCUT2D eigenvalue weighted by molar-refractivity contribution is 6.35. The van der Waals surface area contributed by atoms with Gasteiger partial charge in [0.15, 0.2) is 0 Å². The number of rotatable bonds is 1. The third-order valence-corrected chi connectivity index (χ3v) is 5.31. The van der Waals surface area contributed by atoms with Crippen LogP contribution in [0.25, 0.3) is 0 Å². The van der Waals surface area contributed by atoms with Crippen molar-refractivity contribution >= 4 is 11.8 Å². The minimum Gasteiger partial charge on any atom is -0.333 e. The smallest absolute Gasteiger partial charge is 0.312 e. The first kappa shape index (κ1) is 14.8. The van der Waals surface area contributed by atoms with Gasteiger partial charge in [-0.2, -0.15) is 0 Å². The molecule has 0 aromatic rings. The van der Waals surface area contributed by atoms with Crippen LogP contribution in [0.2, 0.25) is 0 Å². The number of carbonyl (C=O) groups is 2. The molecule has 1 N–H and O–H groups in total. The molecule has 1 aliphatic carbocycles. The maximum atomic E-state index is 12.6. The molecule has 3 aliphatic rings. The average Bonchev–Trinajstić information content (AvgIpc) is 3.11. The fourth-order valence-electron chi connectivity index (χ4n) is 4.18. The third kappa shape index (κ3) is 3.23. The minimum absolute atomic E-state index is 0.244. The molecule has 2 aliphatic heterocycles. The number of nitrogens with zero attached hydrogens (tertiary/aromatic N) is 2. The number of hydrogen-bond donors (Lipinski definition) is 1. The van der Waals surface area contributed by atoms with Crippen LogP contribution in [0.5, 0.6) is 0 Å². The molecule has 0 radical (unpaired) electrons. The van der Waals surface area contributed by atoms with Crippen molar-refractivity contribution in [3.63, 3.8) is 0 Å². The number of nitrogens with one attached hydrogen (secondary N) is 1. The van der Waals surface area contributed by atoms with Gasteiger partial charge in [-0.1, -0.05) is 12.8 Å². The summed E-state index contributed by atoms with van der Waals surface area (Å²) < 4.78 is 0. The Labute approximate surface area is 127 Å². The van der Waals surface area contributed by atoms with Crippen molar-refractivity contribution in [1.29, 1.82) is 0 Å². The lowest BCUT2D eigenvalue weighted by molar-refractivity contribution is -0.152. The summed E-state index contributed by atoms with van der Waals surface area (Å²) in [5.74, 6) is 0.116. The van der Waals surface area contributed by atoms with E-state index in [1.54, 1.807) is 4.90 Å². The van der Waals surface area contributed by atoms with Gasteiger partial charge in [0.25, 0.3) is 0 Å². The van der Waals surface area contributed by atoms with Crippen LogP contribution < -0.4 is 5.32 Å². The van der Waals surface area contributed by atoms with Crippen LogP contribution in [0.15, 0.2) is 0 Å². The first-order valence-corrected chi connectivity index (χ1v) is 8.58. The van der Waals surface area contributed by atoms with Crippen molar-refractivity contribution in [2.75, 3.05) is 32.7 Å². The summed E-state index contributed by atoms with van der Waals surface area (Å²) in [7, 11) is 0. The van der Waals surface area contributed by atoms with E-state index in [0.717, 1.165) is 38.9 Å². The normalized spacial score (nSPS) is 27.9. The van der Waals surface area contributed by atoms with Crippen LogP contribution in [0.1, 0.15) is 44.9 Å². The second kappa shape index (κ2) is 6.77. The first-order valence-electron chi connectivity index (χ1n) is 8.58. The van der Waals surface area contributed by atoms with Crippen molar-refractivity contribution in [2.45, 2.75) is 51.0 Å². The molecule has 0 bridgehead atoms. The third-order valence-electron chi connectivity index (χ3n) is 5.31. The molecule has 118 valence electrons. The van der Waals surface area contributed by atoms with Gasteiger partial charge in [0.2, 0.25) is 0 Å². The highest BCUT2D eigenvalue weighted by Gasteiger charge is 2.39. The Bertz CT molecular complexity index is 385. The van der Waals surface area contributed by atoms with Crippen LogP contribution in [0, 0.1) is 5.92 Å². The molecule has 2 heterocycles. The van der Waals surface area contributed by atoms with Gasteiger partial charge in [-0.05, 0) is 44.6 Å². The molecule has 1 saturated carbocycles. The van der Waals surface area contributed by atoms with Crippen LogP contribution in [0.3, 0.4) is 0 Å². The Kier molecular flexibility index (Phi) is 4.78. The lowest BCUT2D eigenvalue weighted by Crippen LogP contribution is -2.49. The summed E-state index contributed by atoms with van der Waals surface area (Å²) in [4.78, 5) is 28.8. The van der Waals surface area contributed by atoms with Crippen molar-refractivity contribution in [1.82, 2.24) is 15.1 Å². The van der Waals surface area contributed by atoms with Crippen LogP contribution in [-0.2, 0) is 9.59 Å². The topological polar surface area (TPSA) is 52.7 Å². The molecule has 0 spiro atoms. The molecule has 21 heavy (non-hydrogen) atoms. The highest BCUT2D eigenvalue weighted by Crippen LogP contribution is 2.35. The van der Waals surface area contributed by atoms with Gasteiger partial charge in [-0.3, -0.25) is 9.59 Å². The predicted molar refractivity (Wildman–Crippen MR) is 80.8 cm³/mol. The number of likely N-dealkylation sites (tertiary alicyclic amines) is 1. The van der Waals surface area contributed by atoms with Crippen molar-refractivity contribution < 1.29 is 9.59 Å². The molecule has 3 rings (SSSR count). The zero-order chi connectivity index (χ0) is 14.7. The second-order valence-electron chi connectivity index (χ2n) is 6.65. The summed E-state index contributed by atoms with van der Waals surface area (Å²) in [5.41, 5.74) is 0. The van der Waals surface area contributed by atoms with Crippen LogP contribution >= 0.6 is 0 Å². The maximum absolute atomic E-state index is 12.6. The lowest BCUT2D eigenvalue weighted by atomic mass is 9.96. The van der Waals surface area contributed by atoms with Gasteiger partial charge in [0.05, 0.1) is 0 Å². The Morgan fingerprint density at radius 2 is 1.62 bits per heavy atom. The Morgan fingerprint density at radius 1 is 0.810 bits per heavy atom. The summed E-state index contributed by atoms with van der Waals surface area (Å²) in [6.45, 7) is 3.88. The first-order chi connectivity index (χ1) is 10.3. The standard InChI is InChI=1S/C16H27N3O2/c20-15(18-10-4-8-17-9-12-18)16(21)19-11-3-7-14(19)13-5-1-2-6-13/h13-14,17H,1-12H2. The average molecular weight is 293 g/mol. The fourth-order valence-corrected chi connectivity index (χ4v) is 4.18. The highest BCUT2D eigenvalue weighted by atomic mass is 16.2. The molecule has 3 fully saturated rings. The van der Waals surface area contributed by atoms with E-state index in [9.17, 15) is 9.59 Å². The molecule has 2 saturated heterocycles. The van der Waals surface area contributed by atoms with Gasteiger partial charge in [-0.25, -0.2) is 0 Å². The fraction of sp³-hybridized carbons (Fsp3) is 0.875. The van der Waals surface area contributed by atoms with Gasteiger partial charge in [-0.15, -0.1) is 0 Å². The molecular formula is C16H27N3O2. The molecule has 0 aromatic carbocycles. The Hall–Kier alpha value is -1.10. The quantitative estimate of drug-likeness (QED) is 0.734. The summed E-state index contributed by atoms with van der Waals surface area (Å²) in [6.07, 6.45) is 8.12. The molecule has 2 amide bonds. The van der Waals surface area contributed by atoms with E-state index in [1.165, 1.54) is 25.7 Å². The van der Waals surface area contributed by atoms with Crippen molar-refractivity contribution in [2.24, 2.45) is 5.92 Å². The van der Waals surface area contributed by atoms with Gasteiger partial charge < -0.3 is 15.1 Å². The predicted octanol–water partition coefficient (Wildman–Crippen LogP) is 0.989. The Balaban J connectivity index is 1.63. The molecule has 1 unspecified atom stereocenters. The SMILES string of the molecule is O=C(C(=O)N1CCCC1C1CCCC1)N1CCCNCC1. The van der Waals surface area contributed by atoms with Crippen LogP contribution in [0.4, 0.5) is 0 Å². The lowest BCUT2D eigenvalue weighted by Gasteiger charge is -2.30. The van der Waals surface area contributed by atoms with E-state index in [0.29, 0.717) is 25.0 Å². The Morgan fingerprint density at radius 3 is 2.43 bits per heavy atom. The number of hydrogen-bond acceptors (Lipinski definition) is 3. The van der Waals surface area contributed by atoms with Crippen LogP contribution in [-0.4, -0.2) is 60.4 Å². The summed E-state index contributed by atoms with van der Waals surface area (Å²) in [6, 6.07) is 0.328. The molecule has 5 heteroatoms. The van der Waals surface area contributed by atoms with Crippen molar-refractivity contribution in [3.8, 4) is 0 Å². The van der Waals surface area contributed by atoms with Gasteiger partial charge in [0.1, 0.15) is 0 Å². The minimum atomic E-state index is -0.274. The molecule has 1 atom stereocenters. The van der Waals surface area contributed by atoms with Gasteiger partial charge >= 0.3 is 11.8 Å². The molecule has 0 aromatic heterocycles. The van der Waals surface area contributed by atoms with E-state index < -0.39 is 0 Å². The van der Waals surface area contributed by atoms with E-state index in [2.05, 4.69) is 5.32 Å². The number of amides is 2. The van der Waals surface area contributed by atoms with E-state index in [4.69, 9.17) is 0 Å². The second-order valence-corrected chi connectivity index (χ2v) is 6.65. The zero-order valence-electron chi connectivity index (χ0n) is 12.9.